The van der Waals surface area contributed by atoms with Crippen LogP contribution in [0.25, 0.3) is 33.8 Å². The zero-order valence-electron chi connectivity index (χ0n) is 69.5. The van der Waals surface area contributed by atoms with Crippen molar-refractivity contribution in [1.82, 2.24) is 104 Å². The number of carbonyl (C=O) groups is 10. The number of carboxylic acid groups (broad SMARTS) is 9. The Balaban J connectivity index is 1.24. The quantitative estimate of drug-likeness (QED) is 0.0186. The standard InChI is InChI=1S/C76H123N21O25/c1-2-120-34-35-121-32-5-9-77-66(101)6-3-4-33-122-76-61(64-46-96(82-79-64)43-59(99)40-86-14-20-89(50-70(108)109)24-28-93(54-74(116)117)29-25-90(21-15-86)51-71(110)111)37-57(63-45-95(81-78-63)42-58(98)39-84-10-7-56(36-67(102)103)8-11-85(48-68(104)105)13-19-88(18-12-84)49-69(106)107)38-62(76)65-47-97(83-80-65)44-60(100)41-87-16-22-91(52-72(112)113)26-30-94(55-75(118)119)31-27-92(23-17-87)53-73(114)115/h37-38,45-47,56,58-60,98-100H,2-36,39-44,48-55H2,1H3,(H,77,101)(H,102,103)(H,104,105)(H,106,107)(H,108,109)(H,110,111)(H,112,113)(H,114,115)(H,116,117)(H,118,119). The smallest absolute Gasteiger partial charge is 0.317 e. The first-order valence-corrected chi connectivity index (χ1v) is 41.3. The molecule has 0 aliphatic carbocycles. The molecule has 7 rings (SSSR count). The van der Waals surface area contributed by atoms with Crippen LogP contribution in [0.2, 0.25) is 0 Å². The van der Waals surface area contributed by atoms with Crippen LogP contribution in [-0.4, -0.2) is 494 Å². The average Bonchev–Trinajstić information content (AvgIpc) is 1.56. The van der Waals surface area contributed by atoms with Crippen molar-refractivity contribution in [1.29, 1.82) is 0 Å². The van der Waals surface area contributed by atoms with Crippen LogP contribution in [-0.2, 0) is 77.1 Å². The molecule has 0 bridgehead atoms. The number of aliphatic hydroxyl groups is 3. The molecule has 13 N–H and O–H groups in total. The first-order valence-electron chi connectivity index (χ1n) is 41.3. The van der Waals surface area contributed by atoms with Gasteiger partial charge in [0.15, 0.2) is 0 Å². The summed E-state index contributed by atoms with van der Waals surface area (Å²) in [5.74, 6) is -10.2. The number of hydrogen-bond acceptors (Lipinski definition) is 33. The number of carboxylic acids is 9. The van der Waals surface area contributed by atoms with E-state index in [2.05, 4.69) is 36.3 Å². The van der Waals surface area contributed by atoms with Gasteiger partial charge in [0, 0.05) is 200 Å². The van der Waals surface area contributed by atoms with Crippen molar-refractivity contribution in [2.45, 2.75) is 89.8 Å². The molecule has 1 amide bonds. The van der Waals surface area contributed by atoms with Gasteiger partial charge in [0.1, 0.15) is 22.8 Å². The van der Waals surface area contributed by atoms with Gasteiger partial charge in [0.05, 0.1) is 129 Å². The second-order valence-corrected chi connectivity index (χ2v) is 31.0. The van der Waals surface area contributed by atoms with Gasteiger partial charge < -0.3 is 80.8 Å². The molecule has 0 saturated carbocycles. The third kappa shape index (κ3) is 39.3. The van der Waals surface area contributed by atoms with Gasteiger partial charge in [-0.1, -0.05) is 15.6 Å². The summed E-state index contributed by atoms with van der Waals surface area (Å²) < 4.78 is 22.0. The van der Waals surface area contributed by atoms with Crippen molar-refractivity contribution in [3.05, 3.63) is 30.7 Å². The molecule has 0 radical (unpaired) electrons. The van der Waals surface area contributed by atoms with Crippen LogP contribution in [0, 0.1) is 5.92 Å². The molecule has 6 heterocycles. The number of rotatable bonds is 47. The van der Waals surface area contributed by atoms with Crippen molar-refractivity contribution >= 4 is 59.6 Å². The first-order chi connectivity index (χ1) is 58.4. The van der Waals surface area contributed by atoms with Crippen molar-refractivity contribution in [2.24, 2.45) is 5.92 Å². The van der Waals surface area contributed by atoms with Crippen molar-refractivity contribution in [3.63, 3.8) is 0 Å². The number of carbonyl (C=O) groups excluding carboxylic acids is 1. The number of nitrogens with one attached hydrogen (secondary N) is 1. The molecule has 46 heteroatoms. The van der Waals surface area contributed by atoms with E-state index in [0.717, 1.165) is 0 Å². The summed E-state index contributed by atoms with van der Waals surface area (Å²) in [4.78, 5) is 140. The molecule has 4 atom stereocenters. The second kappa shape index (κ2) is 53.5. The molecule has 4 aromatic rings. The minimum atomic E-state index is -1.18. The highest BCUT2D eigenvalue weighted by Crippen LogP contribution is 2.42. The number of amides is 1. The van der Waals surface area contributed by atoms with E-state index in [1.165, 1.54) is 14.0 Å². The van der Waals surface area contributed by atoms with Crippen LogP contribution in [0.3, 0.4) is 0 Å². The highest BCUT2D eigenvalue weighted by atomic mass is 16.5. The molecule has 1 aromatic carbocycles. The number of benzene rings is 1. The predicted octanol–water partition coefficient (Wildman–Crippen LogP) is -4.44. The molecule has 682 valence electrons. The number of nitrogens with zero attached hydrogens (tertiary/aromatic N) is 20. The maximum atomic E-state index is 13.1. The normalized spacial score (nSPS) is 18.7. The minimum Gasteiger partial charge on any atom is -0.492 e. The molecule has 122 heavy (non-hydrogen) atoms. The fourth-order valence-electron chi connectivity index (χ4n) is 14.7. The molecule has 4 unspecified atom stereocenters. The van der Waals surface area contributed by atoms with E-state index in [-0.39, 0.29) is 283 Å². The Morgan fingerprint density at radius 2 is 0.672 bits per heavy atom. The highest BCUT2D eigenvalue weighted by Gasteiger charge is 2.30. The van der Waals surface area contributed by atoms with E-state index in [4.69, 9.17) is 14.2 Å². The molecule has 0 spiro atoms. The summed E-state index contributed by atoms with van der Waals surface area (Å²) >= 11 is 0. The third-order valence-electron chi connectivity index (χ3n) is 20.9. The lowest BCUT2D eigenvalue weighted by Crippen LogP contribution is -2.49. The van der Waals surface area contributed by atoms with Gasteiger partial charge in [-0.3, -0.25) is 102 Å². The van der Waals surface area contributed by atoms with Gasteiger partial charge in [0.2, 0.25) is 5.91 Å². The topological polar surface area (TPSA) is 581 Å². The van der Waals surface area contributed by atoms with Gasteiger partial charge in [0.25, 0.3) is 0 Å². The van der Waals surface area contributed by atoms with Gasteiger partial charge >= 0.3 is 53.7 Å². The van der Waals surface area contributed by atoms with Crippen molar-refractivity contribution in [3.8, 4) is 39.5 Å². The van der Waals surface area contributed by atoms with E-state index < -0.39 is 72.0 Å². The lowest BCUT2D eigenvalue weighted by atomic mass is 9.96. The molecular formula is C76H123N21O25. The Morgan fingerprint density at radius 1 is 0.369 bits per heavy atom. The van der Waals surface area contributed by atoms with Crippen molar-refractivity contribution in [2.75, 3.05) is 256 Å². The molecular weight excluding hydrogens is 1610 g/mol. The number of aliphatic hydroxyl groups excluding tert-OH is 3. The number of β-amino-alcohol motifs (C(OH)–C–C–N with tert-alkyl or cyclic N) is 3. The monoisotopic (exact) mass is 1730 g/mol. The molecule has 46 nitrogen and oxygen atoms in total. The Kier molecular flexibility index (Phi) is 43.7. The third-order valence-corrected chi connectivity index (χ3v) is 20.9. The van der Waals surface area contributed by atoms with E-state index in [0.29, 0.717) is 88.3 Å². The summed E-state index contributed by atoms with van der Waals surface area (Å²) in [5.41, 5.74) is 1.63. The molecule has 3 fully saturated rings. The first kappa shape index (κ1) is 99.6. The largest absolute Gasteiger partial charge is 0.492 e. The maximum Gasteiger partial charge on any atom is 0.317 e. The van der Waals surface area contributed by atoms with Gasteiger partial charge in [-0.25, -0.2) is 14.0 Å². The second-order valence-electron chi connectivity index (χ2n) is 31.0. The Labute approximate surface area is 706 Å². The van der Waals surface area contributed by atoms with Crippen LogP contribution in [0.15, 0.2) is 30.7 Å². The van der Waals surface area contributed by atoms with Crippen LogP contribution >= 0.6 is 0 Å². The van der Waals surface area contributed by atoms with E-state index in [1.54, 1.807) is 69.9 Å². The maximum absolute atomic E-state index is 13.1. The summed E-state index contributed by atoms with van der Waals surface area (Å²) in [6.45, 7) is 5.47. The Hall–Kier alpha value is -9.50. The van der Waals surface area contributed by atoms with Crippen molar-refractivity contribution < 1.29 is 123 Å². The highest BCUT2D eigenvalue weighted by molar-refractivity contribution is 5.85. The number of aliphatic carboxylic acids is 9. The SMILES string of the molecule is CCOCCOCCCNC(=O)CCCCOc1c(-c2cn(CC(O)CN3CCN(CC(=O)O)CCN(CC(=O)O)CCN(CC(=O)O)CC3)nn2)cc(-c2cn(CC(O)CN3CCC(CC(=O)O)CCN(CC(=O)O)CCN(CC(=O)O)CC3)nn2)cc1-c1cn(CC(O)CN2CCN(CC(=O)O)CCN(CC(=O)O)CCN(CC(=O)O)CC2)nn1. The summed E-state index contributed by atoms with van der Waals surface area (Å²) in [7, 11) is 0. The minimum absolute atomic E-state index is 0.00908. The average molecular weight is 1730 g/mol. The molecule has 3 aliphatic rings. The Bertz CT molecular complexity index is 3660. The molecule has 3 aromatic heterocycles. The van der Waals surface area contributed by atoms with E-state index in [9.17, 15) is 109 Å². The van der Waals surface area contributed by atoms with E-state index >= 15 is 0 Å². The van der Waals surface area contributed by atoms with Gasteiger partial charge in [-0.2, -0.15) is 0 Å². The van der Waals surface area contributed by atoms with Crippen LogP contribution in [0.5, 0.6) is 5.75 Å². The number of ether oxygens (including phenoxy) is 3. The molecule has 3 saturated heterocycles. The predicted molar refractivity (Wildman–Crippen MR) is 433 cm³/mol. The van der Waals surface area contributed by atoms with E-state index in [1.807, 2.05) is 21.6 Å². The fraction of sp³-hybridized carbons (Fsp3) is 0.711. The zero-order chi connectivity index (χ0) is 88.5. The summed E-state index contributed by atoms with van der Waals surface area (Å²) in [5, 5.41) is 154. The molecule has 3 aliphatic heterocycles. The summed E-state index contributed by atoms with van der Waals surface area (Å²) in [6, 6.07) is 3.43. The number of aromatic nitrogens is 9. The van der Waals surface area contributed by atoms with Gasteiger partial charge in [-0.05, 0) is 70.2 Å². The van der Waals surface area contributed by atoms with Crippen LogP contribution < -0.4 is 10.1 Å². The Morgan fingerprint density at radius 3 is 1.01 bits per heavy atom. The number of unbranched alkanes of at least 4 members (excludes halogenated alkanes) is 1. The lowest BCUT2D eigenvalue weighted by Gasteiger charge is -2.33. The summed E-state index contributed by atoms with van der Waals surface area (Å²) in [6.07, 6.45) is 3.22. The fourth-order valence-corrected chi connectivity index (χ4v) is 14.7. The number of hydrogen-bond donors (Lipinski definition) is 13. The van der Waals surface area contributed by atoms with Crippen LogP contribution in [0.4, 0.5) is 0 Å². The lowest BCUT2D eigenvalue weighted by molar-refractivity contribution is -0.140. The van der Waals surface area contributed by atoms with Crippen LogP contribution in [0.1, 0.15) is 51.9 Å². The van der Waals surface area contributed by atoms with Gasteiger partial charge in [-0.15, -0.1) is 15.3 Å². The zero-order valence-corrected chi connectivity index (χ0v) is 69.5.